The highest BCUT2D eigenvalue weighted by atomic mass is 19.1. The van der Waals surface area contributed by atoms with E-state index in [4.69, 9.17) is 4.74 Å². The summed E-state index contributed by atoms with van der Waals surface area (Å²) < 4.78 is 18.8. The molecule has 0 N–H and O–H groups in total. The lowest BCUT2D eigenvalue weighted by Crippen LogP contribution is -2.36. The molecular weight excluding hydrogens is 191 g/mol. The minimum atomic E-state index is -0.259. The zero-order valence-electron chi connectivity index (χ0n) is 9.24. The Labute approximate surface area is 90.3 Å². The van der Waals surface area contributed by atoms with Crippen molar-refractivity contribution >= 4 is 0 Å². The number of hydrogen-bond donors (Lipinski definition) is 0. The summed E-state index contributed by atoms with van der Waals surface area (Å²) in [7, 11) is 0. The second-order valence-electron chi connectivity index (χ2n) is 4.65. The van der Waals surface area contributed by atoms with E-state index in [2.05, 4.69) is 13.8 Å². The van der Waals surface area contributed by atoms with Crippen LogP contribution >= 0.6 is 0 Å². The maximum Gasteiger partial charge on any atom is 0.165 e. The van der Waals surface area contributed by atoms with Crippen molar-refractivity contribution in [3.05, 3.63) is 30.1 Å². The molecule has 0 saturated heterocycles. The highest BCUT2D eigenvalue weighted by Gasteiger charge is 2.33. The van der Waals surface area contributed by atoms with Gasteiger partial charge < -0.3 is 4.74 Å². The van der Waals surface area contributed by atoms with Gasteiger partial charge in [0.25, 0.3) is 0 Å². The van der Waals surface area contributed by atoms with Gasteiger partial charge >= 0.3 is 0 Å². The number of ether oxygens (including phenoxy) is 1. The molecule has 0 aliphatic heterocycles. The summed E-state index contributed by atoms with van der Waals surface area (Å²) in [6.07, 6.45) is 2.34. The normalized spacial score (nSPS) is 25.1. The maximum atomic E-state index is 13.2. The molecule has 0 radical (unpaired) electrons. The van der Waals surface area contributed by atoms with E-state index >= 15 is 0 Å². The van der Waals surface area contributed by atoms with Crippen LogP contribution in [0.15, 0.2) is 24.3 Å². The molecule has 1 saturated carbocycles. The first-order valence-electron chi connectivity index (χ1n) is 5.58. The van der Waals surface area contributed by atoms with Gasteiger partial charge in [0.05, 0.1) is 6.10 Å². The van der Waals surface area contributed by atoms with Crippen LogP contribution in [0.2, 0.25) is 0 Å². The Morgan fingerprint density at radius 3 is 2.53 bits per heavy atom. The van der Waals surface area contributed by atoms with Crippen molar-refractivity contribution in [3.8, 4) is 5.75 Å². The zero-order valence-corrected chi connectivity index (χ0v) is 9.24. The second-order valence-corrected chi connectivity index (χ2v) is 4.65. The summed E-state index contributed by atoms with van der Waals surface area (Å²) in [5.41, 5.74) is 0. The first-order chi connectivity index (χ1) is 7.16. The highest BCUT2D eigenvalue weighted by Crippen LogP contribution is 2.36. The Morgan fingerprint density at radius 1 is 1.27 bits per heavy atom. The van der Waals surface area contributed by atoms with Gasteiger partial charge in [-0.1, -0.05) is 26.0 Å². The van der Waals surface area contributed by atoms with Crippen LogP contribution in [0.5, 0.6) is 5.75 Å². The molecule has 0 heterocycles. The first kappa shape index (κ1) is 10.5. The van der Waals surface area contributed by atoms with Crippen molar-refractivity contribution in [2.75, 3.05) is 0 Å². The van der Waals surface area contributed by atoms with Crippen LogP contribution in [0.25, 0.3) is 0 Å². The van der Waals surface area contributed by atoms with E-state index in [1.54, 1.807) is 18.2 Å². The third kappa shape index (κ3) is 2.31. The van der Waals surface area contributed by atoms with Gasteiger partial charge in [0, 0.05) is 0 Å². The lowest BCUT2D eigenvalue weighted by Gasteiger charge is -2.37. The minimum absolute atomic E-state index is 0.217. The quantitative estimate of drug-likeness (QED) is 0.737. The third-order valence-electron chi connectivity index (χ3n) is 3.20. The van der Waals surface area contributed by atoms with Crippen LogP contribution in [0, 0.1) is 17.7 Å². The van der Waals surface area contributed by atoms with Crippen LogP contribution in [0.4, 0.5) is 4.39 Å². The number of hydrogen-bond acceptors (Lipinski definition) is 1. The standard InChI is InChI=1S/C13H17FO/c1-9(2)10-7-11(8-10)15-13-6-4-3-5-12(13)14/h3-6,9-11H,7-8H2,1-2H3/t10-,11+. The fraction of sp³-hybridized carbons (Fsp3) is 0.538. The molecule has 1 aliphatic carbocycles. The van der Waals surface area contributed by atoms with Gasteiger partial charge in [0.2, 0.25) is 0 Å². The predicted molar refractivity (Wildman–Crippen MR) is 58.4 cm³/mol. The monoisotopic (exact) mass is 208 g/mol. The average molecular weight is 208 g/mol. The van der Waals surface area contributed by atoms with Crippen molar-refractivity contribution < 1.29 is 9.13 Å². The molecule has 0 atom stereocenters. The van der Waals surface area contributed by atoms with Crippen LogP contribution in [-0.2, 0) is 0 Å². The first-order valence-corrected chi connectivity index (χ1v) is 5.58. The Bertz CT molecular complexity index is 329. The fourth-order valence-corrected chi connectivity index (χ4v) is 1.97. The average Bonchev–Trinajstić information content (AvgIpc) is 2.12. The molecule has 2 heteroatoms. The largest absolute Gasteiger partial charge is 0.487 e. The smallest absolute Gasteiger partial charge is 0.165 e. The molecule has 1 aliphatic rings. The molecule has 0 unspecified atom stereocenters. The Hall–Kier alpha value is -1.05. The van der Waals surface area contributed by atoms with E-state index in [9.17, 15) is 4.39 Å². The summed E-state index contributed by atoms with van der Waals surface area (Å²) in [5, 5.41) is 0. The van der Waals surface area contributed by atoms with Crippen molar-refractivity contribution in [2.24, 2.45) is 11.8 Å². The topological polar surface area (TPSA) is 9.23 Å². The van der Waals surface area contributed by atoms with E-state index in [0.29, 0.717) is 11.7 Å². The minimum Gasteiger partial charge on any atom is -0.487 e. The van der Waals surface area contributed by atoms with E-state index in [0.717, 1.165) is 18.8 Å². The number of para-hydroxylation sites is 1. The van der Waals surface area contributed by atoms with E-state index in [1.807, 2.05) is 0 Å². The molecule has 1 nitrogen and oxygen atoms in total. The van der Waals surface area contributed by atoms with Gasteiger partial charge in [-0.15, -0.1) is 0 Å². The van der Waals surface area contributed by atoms with E-state index < -0.39 is 0 Å². The molecule has 0 bridgehead atoms. The summed E-state index contributed by atoms with van der Waals surface area (Å²) in [6, 6.07) is 6.61. The third-order valence-corrected chi connectivity index (χ3v) is 3.20. The Morgan fingerprint density at radius 2 is 1.93 bits per heavy atom. The summed E-state index contributed by atoms with van der Waals surface area (Å²) in [6.45, 7) is 4.45. The van der Waals surface area contributed by atoms with Crippen LogP contribution in [0.3, 0.4) is 0 Å². The SMILES string of the molecule is CC(C)[C@H]1C[C@@H](Oc2ccccc2F)C1. The highest BCUT2D eigenvalue weighted by molar-refractivity contribution is 5.24. The predicted octanol–water partition coefficient (Wildman–Crippen LogP) is 3.64. The van der Waals surface area contributed by atoms with Gasteiger partial charge in [-0.25, -0.2) is 4.39 Å². The summed E-state index contributed by atoms with van der Waals surface area (Å²) in [4.78, 5) is 0. The molecule has 82 valence electrons. The second kappa shape index (κ2) is 4.21. The molecule has 0 aromatic heterocycles. The molecule has 0 spiro atoms. The van der Waals surface area contributed by atoms with Crippen molar-refractivity contribution in [1.29, 1.82) is 0 Å². The maximum absolute atomic E-state index is 13.2. The van der Waals surface area contributed by atoms with Crippen LogP contribution in [-0.4, -0.2) is 6.10 Å². The molecule has 15 heavy (non-hydrogen) atoms. The van der Waals surface area contributed by atoms with Crippen molar-refractivity contribution in [3.63, 3.8) is 0 Å². The Balaban J connectivity index is 1.88. The van der Waals surface area contributed by atoms with Crippen molar-refractivity contribution in [2.45, 2.75) is 32.8 Å². The van der Waals surface area contributed by atoms with Crippen LogP contribution < -0.4 is 4.74 Å². The molecule has 1 aromatic carbocycles. The van der Waals surface area contributed by atoms with Gasteiger partial charge in [-0.05, 0) is 36.8 Å². The van der Waals surface area contributed by atoms with Gasteiger partial charge in [-0.3, -0.25) is 0 Å². The lowest BCUT2D eigenvalue weighted by molar-refractivity contribution is 0.0388. The number of rotatable bonds is 3. The number of halogens is 1. The van der Waals surface area contributed by atoms with Gasteiger partial charge in [0.1, 0.15) is 0 Å². The fourth-order valence-electron chi connectivity index (χ4n) is 1.97. The van der Waals surface area contributed by atoms with Crippen molar-refractivity contribution in [1.82, 2.24) is 0 Å². The Kier molecular flexibility index (Phi) is 2.94. The lowest BCUT2D eigenvalue weighted by atomic mass is 9.75. The molecule has 1 fully saturated rings. The molecule has 2 rings (SSSR count). The zero-order chi connectivity index (χ0) is 10.8. The number of benzene rings is 1. The van der Waals surface area contributed by atoms with Crippen LogP contribution in [0.1, 0.15) is 26.7 Å². The molecule has 1 aromatic rings. The van der Waals surface area contributed by atoms with E-state index in [1.165, 1.54) is 6.07 Å². The molecule has 0 amide bonds. The van der Waals surface area contributed by atoms with Gasteiger partial charge in [-0.2, -0.15) is 0 Å². The molecular formula is C13H17FO. The summed E-state index contributed by atoms with van der Waals surface area (Å²) in [5.74, 6) is 1.60. The van der Waals surface area contributed by atoms with Gasteiger partial charge in [0.15, 0.2) is 11.6 Å². The van der Waals surface area contributed by atoms with E-state index in [-0.39, 0.29) is 11.9 Å². The summed E-state index contributed by atoms with van der Waals surface area (Å²) >= 11 is 0.